The van der Waals surface area contributed by atoms with E-state index in [0.29, 0.717) is 18.4 Å². The molecular weight excluding hydrogens is 192 g/mol. The second-order valence-corrected chi connectivity index (χ2v) is 4.99. The molecule has 1 fully saturated rings. The number of methoxy groups -OCH3 is 1. The molecule has 0 saturated heterocycles. The zero-order chi connectivity index (χ0) is 11.4. The summed E-state index contributed by atoms with van der Waals surface area (Å²) in [5.74, 6) is 1.04. The van der Waals surface area contributed by atoms with Crippen LogP contribution in [-0.4, -0.2) is 37.1 Å². The second kappa shape index (κ2) is 5.83. The van der Waals surface area contributed by atoms with Crippen molar-refractivity contribution in [2.24, 2.45) is 11.8 Å². The molecule has 3 heteroatoms. The fraction of sp³-hybridized carbons (Fsp3) is 1.00. The van der Waals surface area contributed by atoms with E-state index in [2.05, 4.69) is 13.8 Å². The Labute approximate surface area is 92.8 Å². The Morgan fingerprint density at radius 1 is 1.33 bits per heavy atom. The first-order valence-corrected chi connectivity index (χ1v) is 5.87. The minimum atomic E-state index is -0.317. The van der Waals surface area contributed by atoms with Gasteiger partial charge in [0.05, 0.1) is 24.9 Å². The summed E-state index contributed by atoms with van der Waals surface area (Å²) < 4.78 is 10.9. The van der Waals surface area contributed by atoms with Gasteiger partial charge in [-0.25, -0.2) is 0 Å². The minimum absolute atomic E-state index is 0.0219. The number of aliphatic hydroxyl groups is 1. The zero-order valence-electron chi connectivity index (χ0n) is 10.3. The first-order chi connectivity index (χ1) is 7.04. The first-order valence-electron chi connectivity index (χ1n) is 5.87. The van der Waals surface area contributed by atoms with E-state index in [1.807, 2.05) is 6.92 Å². The lowest BCUT2D eigenvalue weighted by atomic mass is 9.79. The predicted molar refractivity (Wildman–Crippen MR) is 59.8 cm³/mol. The average Bonchev–Trinajstić information content (AvgIpc) is 2.11. The zero-order valence-corrected chi connectivity index (χ0v) is 10.3. The molecule has 5 atom stereocenters. The van der Waals surface area contributed by atoms with Gasteiger partial charge < -0.3 is 14.6 Å². The van der Waals surface area contributed by atoms with Crippen molar-refractivity contribution >= 4 is 0 Å². The van der Waals surface area contributed by atoms with E-state index in [0.717, 1.165) is 12.8 Å². The molecule has 0 aromatic rings. The molecule has 1 aliphatic rings. The van der Waals surface area contributed by atoms with Gasteiger partial charge in [0.25, 0.3) is 0 Å². The van der Waals surface area contributed by atoms with E-state index in [-0.39, 0.29) is 18.3 Å². The average molecular weight is 216 g/mol. The van der Waals surface area contributed by atoms with Gasteiger partial charge in [-0.05, 0) is 31.6 Å². The largest absolute Gasteiger partial charge is 0.390 e. The van der Waals surface area contributed by atoms with Gasteiger partial charge in [-0.1, -0.05) is 13.8 Å². The van der Waals surface area contributed by atoms with Crippen LogP contribution in [0.15, 0.2) is 0 Å². The molecule has 0 aromatic carbocycles. The third-order valence-corrected chi connectivity index (χ3v) is 3.15. The lowest BCUT2D eigenvalue weighted by Crippen LogP contribution is -2.43. The maximum Gasteiger partial charge on any atom is 0.0864 e. The molecule has 1 rings (SSSR count). The van der Waals surface area contributed by atoms with Gasteiger partial charge in [-0.3, -0.25) is 0 Å². The van der Waals surface area contributed by atoms with Gasteiger partial charge in [0.15, 0.2) is 0 Å². The van der Waals surface area contributed by atoms with Crippen molar-refractivity contribution in [1.82, 2.24) is 0 Å². The van der Waals surface area contributed by atoms with Crippen molar-refractivity contribution in [3.8, 4) is 0 Å². The molecule has 1 aliphatic carbocycles. The standard InChI is InChI=1S/C12H24O3/c1-8-5-9(2)12(11(13)6-8)15-10(3)7-14-4/h8-13H,5-7H2,1-4H3. The molecule has 0 spiro atoms. The van der Waals surface area contributed by atoms with Crippen LogP contribution < -0.4 is 0 Å². The Bertz CT molecular complexity index is 172. The number of hydrogen-bond acceptors (Lipinski definition) is 3. The summed E-state index contributed by atoms with van der Waals surface area (Å²) in [5.41, 5.74) is 0. The van der Waals surface area contributed by atoms with E-state index in [9.17, 15) is 5.11 Å². The molecule has 0 aromatic heterocycles. The fourth-order valence-electron chi connectivity index (χ4n) is 2.56. The molecule has 5 unspecified atom stereocenters. The molecule has 1 saturated carbocycles. The summed E-state index contributed by atoms with van der Waals surface area (Å²) in [7, 11) is 1.67. The van der Waals surface area contributed by atoms with E-state index in [1.54, 1.807) is 7.11 Å². The molecule has 1 N–H and O–H groups in total. The van der Waals surface area contributed by atoms with Crippen molar-refractivity contribution < 1.29 is 14.6 Å². The monoisotopic (exact) mass is 216 g/mol. The lowest BCUT2D eigenvalue weighted by Gasteiger charge is -2.38. The SMILES string of the molecule is COCC(C)OC1C(C)CC(C)CC1O. The molecule has 0 bridgehead atoms. The summed E-state index contributed by atoms with van der Waals surface area (Å²) >= 11 is 0. The normalized spacial score (nSPS) is 39.0. The number of hydrogen-bond donors (Lipinski definition) is 1. The van der Waals surface area contributed by atoms with Crippen LogP contribution in [0.3, 0.4) is 0 Å². The highest BCUT2D eigenvalue weighted by Gasteiger charge is 2.34. The molecule has 90 valence electrons. The van der Waals surface area contributed by atoms with Crippen molar-refractivity contribution in [2.75, 3.05) is 13.7 Å². The molecule has 15 heavy (non-hydrogen) atoms. The van der Waals surface area contributed by atoms with E-state index in [1.165, 1.54) is 0 Å². The van der Waals surface area contributed by atoms with Crippen LogP contribution in [0.4, 0.5) is 0 Å². The topological polar surface area (TPSA) is 38.7 Å². The Hall–Kier alpha value is -0.120. The Kier molecular flexibility index (Phi) is 5.03. The van der Waals surface area contributed by atoms with Gasteiger partial charge in [-0.15, -0.1) is 0 Å². The third kappa shape index (κ3) is 3.74. The Morgan fingerprint density at radius 2 is 2.00 bits per heavy atom. The van der Waals surface area contributed by atoms with Crippen LogP contribution in [0.5, 0.6) is 0 Å². The highest BCUT2D eigenvalue weighted by molar-refractivity contribution is 4.84. The summed E-state index contributed by atoms with van der Waals surface area (Å²) in [4.78, 5) is 0. The Morgan fingerprint density at radius 3 is 2.53 bits per heavy atom. The van der Waals surface area contributed by atoms with Crippen LogP contribution >= 0.6 is 0 Å². The number of rotatable bonds is 4. The quantitative estimate of drug-likeness (QED) is 0.779. The fourth-order valence-corrected chi connectivity index (χ4v) is 2.56. The maximum atomic E-state index is 9.96. The van der Waals surface area contributed by atoms with Gasteiger partial charge in [0.2, 0.25) is 0 Å². The summed E-state index contributed by atoms with van der Waals surface area (Å²) in [6.07, 6.45) is 1.72. The van der Waals surface area contributed by atoms with E-state index in [4.69, 9.17) is 9.47 Å². The van der Waals surface area contributed by atoms with Crippen molar-refractivity contribution in [2.45, 2.75) is 51.9 Å². The van der Waals surface area contributed by atoms with Gasteiger partial charge in [0.1, 0.15) is 0 Å². The van der Waals surface area contributed by atoms with Crippen LogP contribution in [0.25, 0.3) is 0 Å². The van der Waals surface area contributed by atoms with Crippen molar-refractivity contribution in [3.63, 3.8) is 0 Å². The van der Waals surface area contributed by atoms with Crippen LogP contribution in [0.2, 0.25) is 0 Å². The maximum absolute atomic E-state index is 9.96. The van der Waals surface area contributed by atoms with Gasteiger partial charge in [0, 0.05) is 7.11 Å². The van der Waals surface area contributed by atoms with Crippen LogP contribution in [-0.2, 0) is 9.47 Å². The summed E-state index contributed by atoms with van der Waals surface area (Å²) in [6.45, 7) is 6.92. The molecule has 0 heterocycles. The number of ether oxygens (including phenoxy) is 2. The highest BCUT2D eigenvalue weighted by atomic mass is 16.5. The first kappa shape index (κ1) is 12.9. The van der Waals surface area contributed by atoms with E-state index >= 15 is 0 Å². The third-order valence-electron chi connectivity index (χ3n) is 3.15. The molecular formula is C12H24O3. The highest BCUT2D eigenvalue weighted by Crippen LogP contribution is 2.31. The lowest BCUT2D eigenvalue weighted by molar-refractivity contribution is -0.133. The number of aliphatic hydroxyl groups excluding tert-OH is 1. The smallest absolute Gasteiger partial charge is 0.0864 e. The molecule has 0 aliphatic heterocycles. The van der Waals surface area contributed by atoms with Crippen molar-refractivity contribution in [1.29, 1.82) is 0 Å². The summed E-state index contributed by atoms with van der Waals surface area (Å²) in [6, 6.07) is 0. The minimum Gasteiger partial charge on any atom is -0.390 e. The summed E-state index contributed by atoms with van der Waals surface area (Å²) in [5, 5.41) is 9.96. The Balaban J connectivity index is 2.45. The van der Waals surface area contributed by atoms with E-state index < -0.39 is 0 Å². The van der Waals surface area contributed by atoms with Crippen molar-refractivity contribution in [3.05, 3.63) is 0 Å². The molecule has 0 amide bonds. The second-order valence-electron chi connectivity index (χ2n) is 4.99. The van der Waals surface area contributed by atoms with Gasteiger partial charge in [-0.2, -0.15) is 0 Å². The molecule has 3 nitrogen and oxygen atoms in total. The van der Waals surface area contributed by atoms with Crippen LogP contribution in [0, 0.1) is 11.8 Å². The van der Waals surface area contributed by atoms with Gasteiger partial charge >= 0.3 is 0 Å². The van der Waals surface area contributed by atoms with Crippen LogP contribution in [0.1, 0.15) is 33.6 Å². The molecule has 0 radical (unpaired) electrons. The predicted octanol–water partition coefficient (Wildman–Crippen LogP) is 1.83.